The molecule has 3 aliphatic carbocycles. The predicted molar refractivity (Wildman–Crippen MR) is 129 cm³/mol. The van der Waals surface area contributed by atoms with Crippen LogP contribution in [-0.2, 0) is 19.1 Å². The van der Waals surface area contributed by atoms with Crippen LogP contribution in [-0.4, -0.2) is 54.8 Å². The minimum atomic E-state index is -2.26. The number of allylic oxidation sites excluding steroid dienone is 8. The quantitative estimate of drug-likeness (QED) is 0.265. The Morgan fingerprint density at radius 2 is 1.03 bits per heavy atom. The van der Waals surface area contributed by atoms with Crippen molar-refractivity contribution >= 4 is 11.6 Å². The first-order valence-electron chi connectivity index (χ1n) is 12.1. The zero-order valence-electron chi connectivity index (χ0n) is 21.2. The lowest BCUT2D eigenvalue weighted by molar-refractivity contribution is -0.450. The molecule has 5 fully saturated rings. The van der Waals surface area contributed by atoms with Crippen LogP contribution < -0.4 is 0 Å². The van der Waals surface area contributed by atoms with Crippen molar-refractivity contribution in [3.63, 3.8) is 0 Å². The molecule has 3 saturated carbocycles. The molecule has 0 radical (unpaired) electrons. The highest BCUT2D eigenvalue weighted by Crippen LogP contribution is 2.83. The van der Waals surface area contributed by atoms with E-state index in [-0.39, 0.29) is 22.7 Å². The maximum Gasteiger partial charge on any atom is 0.210 e. The molecule has 5 rings (SSSR count). The largest absolute Gasteiger partial charge is 0.508 e. The van der Waals surface area contributed by atoms with Gasteiger partial charge in [-0.15, -0.1) is 0 Å². The third kappa shape index (κ3) is 2.15. The lowest BCUT2D eigenvalue weighted by atomic mass is 9.39. The van der Waals surface area contributed by atoms with Crippen molar-refractivity contribution in [2.24, 2.45) is 22.7 Å². The van der Waals surface area contributed by atoms with Crippen LogP contribution >= 0.6 is 0 Å². The molecule has 8 nitrogen and oxygen atoms in total. The van der Waals surface area contributed by atoms with E-state index < -0.39 is 57.0 Å². The Labute approximate surface area is 209 Å². The summed E-state index contributed by atoms with van der Waals surface area (Å²) in [6, 6.07) is 0. The first-order chi connectivity index (χ1) is 16.7. The fourth-order valence-corrected chi connectivity index (χ4v) is 7.94. The molecular formula is C28H32O8. The van der Waals surface area contributed by atoms with Gasteiger partial charge in [-0.2, -0.15) is 0 Å². The van der Waals surface area contributed by atoms with Crippen LogP contribution in [0.25, 0.3) is 0 Å². The number of aliphatic hydroxyl groups excluding tert-OH is 2. The van der Waals surface area contributed by atoms with Gasteiger partial charge in [-0.3, -0.25) is 9.59 Å². The second kappa shape index (κ2) is 6.95. The summed E-state index contributed by atoms with van der Waals surface area (Å²) in [5, 5.41) is 46.6. The number of rotatable bonds is 4. The highest BCUT2D eigenvalue weighted by molar-refractivity contribution is 6.13. The first-order valence-corrected chi connectivity index (χ1v) is 12.1. The summed E-state index contributed by atoms with van der Waals surface area (Å²) < 4.78 is 12.5. The summed E-state index contributed by atoms with van der Waals surface area (Å²) in [7, 11) is 0. The number of aliphatic hydroxyl groups is 4. The second-order valence-corrected chi connectivity index (χ2v) is 11.0. The van der Waals surface area contributed by atoms with Crippen LogP contribution in [0.2, 0.25) is 0 Å². The van der Waals surface area contributed by atoms with Gasteiger partial charge in [-0.25, -0.2) is 0 Å². The third-order valence-electron chi connectivity index (χ3n) is 9.41. The zero-order chi connectivity index (χ0) is 26.7. The Balaban J connectivity index is 1.93. The number of hydrogen-bond acceptors (Lipinski definition) is 8. The molecule has 8 atom stereocenters. The molecule has 0 amide bonds. The fraction of sp³-hybridized carbons (Fsp3) is 0.500. The Morgan fingerprint density at radius 1 is 0.694 bits per heavy atom. The lowest BCUT2D eigenvalue weighted by Crippen LogP contribution is -2.74. The predicted octanol–water partition coefficient (Wildman–Crippen LogP) is 3.25. The Hall–Kier alpha value is -2.78. The van der Waals surface area contributed by atoms with E-state index in [0.717, 1.165) is 0 Å². The molecule has 2 unspecified atom stereocenters. The van der Waals surface area contributed by atoms with E-state index in [2.05, 4.69) is 0 Å². The van der Waals surface area contributed by atoms with Gasteiger partial charge in [0.2, 0.25) is 11.6 Å². The van der Waals surface area contributed by atoms with Gasteiger partial charge in [0, 0.05) is 23.0 Å². The van der Waals surface area contributed by atoms with Crippen LogP contribution in [0.3, 0.4) is 0 Å². The maximum absolute atomic E-state index is 14.3. The first kappa shape index (κ1) is 24.9. The molecule has 0 aromatic heterocycles. The van der Waals surface area contributed by atoms with E-state index >= 15 is 0 Å². The monoisotopic (exact) mass is 496 g/mol. The minimum absolute atomic E-state index is 0.113. The molecule has 36 heavy (non-hydrogen) atoms. The number of carbonyl (C=O) groups is 2. The van der Waals surface area contributed by atoms with E-state index in [1.54, 1.807) is 50.3 Å². The summed E-state index contributed by atoms with van der Waals surface area (Å²) in [6.07, 6.45) is 12.6. The van der Waals surface area contributed by atoms with Gasteiger partial charge in [0.1, 0.15) is 22.7 Å². The highest BCUT2D eigenvalue weighted by Gasteiger charge is 2.99. The normalized spacial score (nSPS) is 51.8. The molecule has 0 spiro atoms. The van der Waals surface area contributed by atoms with E-state index in [4.69, 9.17) is 9.47 Å². The van der Waals surface area contributed by atoms with Crippen molar-refractivity contribution in [3.8, 4) is 0 Å². The Morgan fingerprint density at radius 3 is 1.33 bits per heavy atom. The van der Waals surface area contributed by atoms with Crippen molar-refractivity contribution < 1.29 is 39.5 Å². The zero-order valence-corrected chi connectivity index (χ0v) is 21.2. The molecule has 2 saturated heterocycles. The topological polar surface area (TPSA) is 134 Å². The van der Waals surface area contributed by atoms with Crippen LogP contribution in [0, 0.1) is 22.7 Å². The maximum atomic E-state index is 14.3. The van der Waals surface area contributed by atoms with Crippen molar-refractivity contribution in [3.05, 3.63) is 71.3 Å². The second-order valence-electron chi connectivity index (χ2n) is 11.0. The molecule has 2 heterocycles. The average molecular weight is 497 g/mol. The molecule has 8 heteroatoms. The van der Waals surface area contributed by atoms with E-state index in [1.807, 2.05) is 0 Å². The van der Waals surface area contributed by atoms with Crippen LogP contribution in [0.1, 0.15) is 41.5 Å². The lowest BCUT2D eigenvalue weighted by Gasteiger charge is -2.58. The number of ketones is 2. The van der Waals surface area contributed by atoms with E-state index in [9.17, 15) is 30.0 Å². The van der Waals surface area contributed by atoms with Crippen molar-refractivity contribution in [2.75, 3.05) is 0 Å². The summed E-state index contributed by atoms with van der Waals surface area (Å²) in [5.74, 6) is -9.12. The molecule has 0 aromatic carbocycles. The molecule has 0 aromatic rings. The minimum Gasteiger partial charge on any atom is -0.508 e. The van der Waals surface area contributed by atoms with Gasteiger partial charge in [0.05, 0.1) is 10.8 Å². The smallest absolute Gasteiger partial charge is 0.210 e. The number of Topliss-reactive ketones (excluding diaryl/α,β-unsaturated/α-hetero) is 2. The van der Waals surface area contributed by atoms with Gasteiger partial charge < -0.3 is 29.9 Å². The molecule has 2 aliphatic heterocycles. The van der Waals surface area contributed by atoms with E-state index in [0.29, 0.717) is 0 Å². The molecule has 192 valence electrons. The van der Waals surface area contributed by atoms with Gasteiger partial charge in [0.15, 0.2) is 11.6 Å². The summed E-state index contributed by atoms with van der Waals surface area (Å²) in [5.41, 5.74) is -7.52. The van der Waals surface area contributed by atoms with Crippen LogP contribution in [0.5, 0.6) is 0 Å². The van der Waals surface area contributed by atoms with Gasteiger partial charge in [0.25, 0.3) is 0 Å². The summed E-state index contributed by atoms with van der Waals surface area (Å²) in [6.45, 7) is 9.48. The number of hydrogen-bond donors (Lipinski definition) is 4. The van der Waals surface area contributed by atoms with E-state index in [1.165, 1.54) is 39.8 Å². The molecule has 4 N–H and O–H groups in total. The average Bonchev–Trinajstić information content (AvgIpc) is 3.12. The van der Waals surface area contributed by atoms with Gasteiger partial charge in [-0.05, 0) is 53.7 Å². The third-order valence-corrected chi connectivity index (χ3v) is 9.41. The summed E-state index contributed by atoms with van der Waals surface area (Å²) in [4.78, 5) is 28.7. The van der Waals surface area contributed by atoms with Gasteiger partial charge >= 0.3 is 0 Å². The molecule has 5 aliphatic rings. The van der Waals surface area contributed by atoms with Gasteiger partial charge in [-0.1, -0.05) is 36.5 Å². The van der Waals surface area contributed by atoms with Crippen LogP contribution in [0.15, 0.2) is 71.3 Å². The standard InChI is InChI=1S/C28H32O8/c1-7-9-11-13-15(29)17-19-23(3)22(32)18(16(30)14-12-10-8-2)20-24(4,21(17)31)28(34)25(19,5)35-27(23,33)26(20,6)36-28/h7-14,19-20,29-30,33-34H,1-6H3/b9-7+,10-8+,13-11+,14-12+,17-15-,18-16+/t19-,20?,23-,24-,25?,26+,27-,28-/m1/s1. The van der Waals surface area contributed by atoms with Crippen molar-refractivity contribution in [1.82, 2.24) is 0 Å². The van der Waals surface area contributed by atoms with Crippen molar-refractivity contribution in [2.45, 2.75) is 64.3 Å². The fourth-order valence-electron chi connectivity index (χ4n) is 7.94. The Kier molecular flexibility index (Phi) is 4.81. The molecular weight excluding hydrogens is 464 g/mol. The summed E-state index contributed by atoms with van der Waals surface area (Å²) >= 11 is 0. The number of carbonyl (C=O) groups excluding carboxylic acids is 2. The molecule has 8 bridgehead atoms. The van der Waals surface area contributed by atoms with Crippen molar-refractivity contribution in [1.29, 1.82) is 0 Å². The Bertz CT molecular complexity index is 1190. The highest BCUT2D eigenvalue weighted by atomic mass is 16.8. The van der Waals surface area contributed by atoms with Crippen LogP contribution in [0.4, 0.5) is 0 Å². The number of ether oxygens (including phenoxy) is 2. The SMILES string of the molecule is C/C=C/C=C/C(O)=C1/C(=O)[C@@]2(C)C3/C(=C(O)/C=C/C=C/C)C(=O)[C@@]4(C)[C@@H]1C1(C)O[C@@]4(O)[C@@]3(C)O[C@@]12O.